The van der Waals surface area contributed by atoms with Gasteiger partial charge in [0.25, 0.3) is 0 Å². The van der Waals surface area contributed by atoms with Gasteiger partial charge in [-0.05, 0) is 26.2 Å². The Morgan fingerprint density at radius 2 is 2.00 bits per heavy atom. The van der Waals surface area contributed by atoms with E-state index in [1.807, 2.05) is 11.8 Å². The first-order valence-corrected chi connectivity index (χ1v) is 7.13. The summed E-state index contributed by atoms with van der Waals surface area (Å²) >= 11 is 0. The van der Waals surface area contributed by atoms with Gasteiger partial charge in [-0.2, -0.15) is 20.2 Å². The van der Waals surface area contributed by atoms with Gasteiger partial charge in [0.1, 0.15) is 0 Å². The first-order valence-electron chi connectivity index (χ1n) is 7.13. The Balaban J connectivity index is 2.20. The largest absolute Gasteiger partial charge is 0.368 e. The third-order valence-electron chi connectivity index (χ3n) is 3.43. The lowest BCUT2D eigenvalue weighted by molar-refractivity contribution is 0.567. The standard InChI is InChI=1S/C13H21N7/c1-2-19(10-6-7-14)12-16-11(15)17-13(18-12)20-8-4-3-5-9-20/h2-6,8-10H2,1H3,(H2,15,16,17,18). The number of nitrogens with two attached hydrogens (primary N) is 1. The molecule has 2 heterocycles. The molecule has 0 radical (unpaired) electrons. The minimum absolute atomic E-state index is 0.242. The van der Waals surface area contributed by atoms with Crippen LogP contribution in [-0.2, 0) is 0 Å². The van der Waals surface area contributed by atoms with Gasteiger partial charge >= 0.3 is 0 Å². The van der Waals surface area contributed by atoms with Crippen LogP contribution >= 0.6 is 0 Å². The van der Waals surface area contributed by atoms with Crippen LogP contribution in [0.4, 0.5) is 17.8 Å². The van der Waals surface area contributed by atoms with Crippen molar-refractivity contribution < 1.29 is 0 Å². The molecule has 1 aliphatic rings. The maximum absolute atomic E-state index is 8.71. The molecule has 0 spiro atoms. The highest BCUT2D eigenvalue weighted by molar-refractivity contribution is 5.43. The lowest BCUT2D eigenvalue weighted by Gasteiger charge is -2.28. The molecule has 0 amide bonds. The lowest BCUT2D eigenvalue weighted by Crippen LogP contribution is -2.33. The van der Waals surface area contributed by atoms with Gasteiger partial charge < -0.3 is 15.5 Å². The second kappa shape index (κ2) is 6.89. The fourth-order valence-corrected chi connectivity index (χ4v) is 2.33. The number of nitriles is 1. The molecule has 2 N–H and O–H groups in total. The van der Waals surface area contributed by atoms with E-state index in [1.165, 1.54) is 6.42 Å². The van der Waals surface area contributed by atoms with Crippen molar-refractivity contribution in [1.29, 1.82) is 5.26 Å². The summed E-state index contributed by atoms with van der Waals surface area (Å²) in [4.78, 5) is 17.1. The summed E-state index contributed by atoms with van der Waals surface area (Å²) in [6.45, 7) is 5.29. The molecule has 7 nitrogen and oxygen atoms in total. The molecular formula is C13H21N7. The van der Waals surface area contributed by atoms with Gasteiger partial charge in [0.15, 0.2) is 0 Å². The van der Waals surface area contributed by atoms with E-state index in [1.54, 1.807) is 0 Å². The van der Waals surface area contributed by atoms with Crippen molar-refractivity contribution in [2.75, 3.05) is 41.7 Å². The number of anilines is 3. The van der Waals surface area contributed by atoms with Crippen molar-refractivity contribution in [2.24, 2.45) is 0 Å². The van der Waals surface area contributed by atoms with Gasteiger partial charge in [0.2, 0.25) is 17.8 Å². The molecule has 1 aromatic rings. The summed E-state index contributed by atoms with van der Waals surface area (Å²) in [5.41, 5.74) is 5.81. The van der Waals surface area contributed by atoms with Crippen molar-refractivity contribution in [3.63, 3.8) is 0 Å². The quantitative estimate of drug-likeness (QED) is 0.862. The maximum atomic E-state index is 8.71. The van der Waals surface area contributed by atoms with Crippen molar-refractivity contribution in [3.8, 4) is 6.07 Å². The van der Waals surface area contributed by atoms with Crippen LogP contribution in [0.1, 0.15) is 32.6 Å². The second-order valence-corrected chi connectivity index (χ2v) is 4.83. The van der Waals surface area contributed by atoms with Gasteiger partial charge in [0, 0.05) is 26.2 Å². The Morgan fingerprint density at radius 1 is 1.25 bits per heavy atom. The molecule has 1 aliphatic heterocycles. The number of nitrogens with zero attached hydrogens (tertiary/aromatic N) is 6. The zero-order valence-electron chi connectivity index (χ0n) is 11.9. The van der Waals surface area contributed by atoms with E-state index < -0.39 is 0 Å². The lowest BCUT2D eigenvalue weighted by atomic mass is 10.1. The van der Waals surface area contributed by atoms with Crippen LogP contribution in [0.25, 0.3) is 0 Å². The monoisotopic (exact) mass is 275 g/mol. The fraction of sp³-hybridized carbons (Fsp3) is 0.692. The molecule has 2 rings (SSSR count). The number of piperidine rings is 1. The summed E-state index contributed by atoms with van der Waals surface area (Å²) in [6, 6.07) is 2.14. The Labute approximate surface area is 119 Å². The normalized spacial score (nSPS) is 14.9. The van der Waals surface area contributed by atoms with Crippen LogP contribution in [0.2, 0.25) is 0 Å². The molecule has 0 bridgehead atoms. The van der Waals surface area contributed by atoms with Gasteiger partial charge in [-0.15, -0.1) is 0 Å². The minimum Gasteiger partial charge on any atom is -0.368 e. The van der Waals surface area contributed by atoms with Crippen LogP contribution < -0.4 is 15.5 Å². The summed E-state index contributed by atoms with van der Waals surface area (Å²) in [5.74, 6) is 1.46. The third kappa shape index (κ3) is 3.47. The van der Waals surface area contributed by atoms with Crippen LogP contribution in [0.15, 0.2) is 0 Å². The van der Waals surface area contributed by atoms with Gasteiger partial charge in [-0.3, -0.25) is 0 Å². The first kappa shape index (κ1) is 14.3. The Bertz CT molecular complexity index is 476. The summed E-state index contributed by atoms with van der Waals surface area (Å²) in [6.07, 6.45) is 4.02. The number of rotatable bonds is 5. The molecule has 108 valence electrons. The fourth-order valence-electron chi connectivity index (χ4n) is 2.33. The van der Waals surface area contributed by atoms with E-state index >= 15 is 0 Å². The Hall–Kier alpha value is -2.10. The second-order valence-electron chi connectivity index (χ2n) is 4.83. The molecule has 0 saturated carbocycles. The zero-order chi connectivity index (χ0) is 14.4. The summed E-state index contributed by atoms with van der Waals surface area (Å²) < 4.78 is 0. The van der Waals surface area contributed by atoms with E-state index in [0.717, 1.165) is 32.5 Å². The van der Waals surface area contributed by atoms with Crippen LogP contribution in [-0.4, -0.2) is 41.1 Å². The summed E-state index contributed by atoms with van der Waals surface area (Å²) in [5, 5.41) is 8.71. The van der Waals surface area contributed by atoms with E-state index in [4.69, 9.17) is 11.0 Å². The van der Waals surface area contributed by atoms with Gasteiger partial charge in [-0.1, -0.05) is 0 Å². The first-order chi connectivity index (χ1) is 9.74. The molecule has 1 fully saturated rings. The molecule has 20 heavy (non-hydrogen) atoms. The number of hydrogen-bond acceptors (Lipinski definition) is 7. The highest BCUT2D eigenvalue weighted by Gasteiger charge is 2.17. The van der Waals surface area contributed by atoms with Crippen molar-refractivity contribution >= 4 is 17.8 Å². The van der Waals surface area contributed by atoms with Crippen molar-refractivity contribution in [3.05, 3.63) is 0 Å². The number of aromatic nitrogens is 3. The molecular weight excluding hydrogens is 254 g/mol. The Kier molecular flexibility index (Phi) is 4.93. The molecule has 0 aromatic carbocycles. The summed E-state index contributed by atoms with van der Waals surface area (Å²) in [7, 11) is 0. The average Bonchev–Trinajstić information content (AvgIpc) is 2.48. The zero-order valence-corrected chi connectivity index (χ0v) is 11.9. The molecule has 7 heteroatoms. The minimum atomic E-state index is 0.242. The van der Waals surface area contributed by atoms with Gasteiger partial charge in [0.05, 0.1) is 12.5 Å². The highest BCUT2D eigenvalue weighted by atomic mass is 15.3. The predicted molar refractivity (Wildman–Crippen MR) is 78.4 cm³/mol. The molecule has 1 saturated heterocycles. The van der Waals surface area contributed by atoms with Crippen molar-refractivity contribution in [2.45, 2.75) is 32.6 Å². The third-order valence-corrected chi connectivity index (χ3v) is 3.43. The number of hydrogen-bond donors (Lipinski definition) is 1. The van der Waals surface area contributed by atoms with Gasteiger partial charge in [-0.25, -0.2) is 0 Å². The smallest absolute Gasteiger partial charge is 0.231 e. The van der Waals surface area contributed by atoms with Crippen LogP contribution in [0.5, 0.6) is 0 Å². The van der Waals surface area contributed by atoms with Crippen molar-refractivity contribution in [1.82, 2.24) is 15.0 Å². The average molecular weight is 275 g/mol. The Morgan fingerprint density at radius 3 is 2.65 bits per heavy atom. The molecule has 1 aromatic heterocycles. The predicted octanol–water partition coefficient (Wildman–Crippen LogP) is 1.18. The highest BCUT2D eigenvalue weighted by Crippen LogP contribution is 2.19. The van der Waals surface area contributed by atoms with E-state index in [9.17, 15) is 0 Å². The van der Waals surface area contributed by atoms with E-state index in [2.05, 4.69) is 25.9 Å². The SMILES string of the molecule is CCN(CCC#N)c1nc(N)nc(N2CCCCC2)n1. The van der Waals surface area contributed by atoms with E-state index in [0.29, 0.717) is 24.9 Å². The van der Waals surface area contributed by atoms with E-state index in [-0.39, 0.29) is 5.95 Å². The maximum Gasteiger partial charge on any atom is 0.231 e. The van der Waals surface area contributed by atoms with Crippen LogP contribution in [0.3, 0.4) is 0 Å². The molecule has 0 aliphatic carbocycles. The van der Waals surface area contributed by atoms with Crippen LogP contribution in [0, 0.1) is 11.3 Å². The molecule has 0 atom stereocenters. The topological polar surface area (TPSA) is 95.0 Å². The molecule has 0 unspecified atom stereocenters. The number of nitrogen functional groups attached to an aromatic ring is 1.